The lowest BCUT2D eigenvalue weighted by Gasteiger charge is -2.38. The Morgan fingerprint density at radius 3 is 2.65 bits per heavy atom. The molecule has 1 aliphatic heterocycles. The van der Waals surface area contributed by atoms with Gasteiger partial charge in [0.05, 0.1) is 24.7 Å². The highest BCUT2D eigenvalue weighted by Crippen LogP contribution is 2.36. The molecule has 1 heterocycles. The van der Waals surface area contributed by atoms with Crippen molar-refractivity contribution in [3.05, 3.63) is 35.9 Å². The summed E-state index contributed by atoms with van der Waals surface area (Å²) in [6.07, 6.45) is -0.802. The number of sulfone groups is 1. The van der Waals surface area contributed by atoms with E-state index in [1.807, 2.05) is 18.2 Å². The van der Waals surface area contributed by atoms with E-state index in [-0.39, 0.29) is 24.3 Å². The standard InChI is InChI=1S/C14H18O5S/c1-19-13(16)14(9-11-5-3-2-4-6-11)10-20(17,18)8-7-12(14)15/h2-6,12,15H,7-10H2,1H3. The first-order valence-electron chi connectivity index (χ1n) is 6.40. The molecule has 0 bridgehead atoms. The second-order valence-electron chi connectivity index (χ2n) is 5.21. The molecule has 1 aromatic carbocycles. The van der Waals surface area contributed by atoms with Crippen LogP contribution in [0, 0.1) is 5.41 Å². The van der Waals surface area contributed by atoms with Gasteiger partial charge in [0.25, 0.3) is 0 Å². The van der Waals surface area contributed by atoms with Crippen LogP contribution in [0.15, 0.2) is 30.3 Å². The van der Waals surface area contributed by atoms with Crippen LogP contribution in [0.3, 0.4) is 0 Å². The zero-order valence-electron chi connectivity index (χ0n) is 11.3. The minimum absolute atomic E-state index is 0.0598. The molecule has 1 aromatic rings. The van der Waals surface area contributed by atoms with Gasteiger partial charge in [-0.25, -0.2) is 8.42 Å². The highest BCUT2D eigenvalue weighted by atomic mass is 32.2. The second kappa shape index (κ2) is 5.54. The summed E-state index contributed by atoms with van der Waals surface area (Å²) in [4.78, 5) is 12.1. The number of aliphatic hydroxyl groups is 1. The van der Waals surface area contributed by atoms with Crippen molar-refractivity contribution in [2.45, 2.75) is 18.9 Å². The van der Waals surface area contributed by atoms with Gasteiger partial charge in [-0.1, -0.05) is 30.3 Å². The molecule has 1 saturated heterocycles. The predicted molar refractivity (Wildman–Crippen MR) is 73.9 cm³/mol. The third-order valence-electron chi connectivity index (χ3n) is 3.77. The molecule has 0 spiro atoms. The highest BCUT2D eigenvalue weighted by Gasteiger charge is 2.52. The minimum Gasteiger partial charge on any atom is -0.468 e. The number of carbonyl (C=O) groups is 1. The third-order valence-corrected chi connectivity index (χ3v) is 5.58. The molecule has 5 nitrogen and oxygen atoms in total. The fourth-order valence-corrected chi connectivity index (χ4v) is 4.65. The van der Waals surface area contributed by atoms with Gasteiger partial charge in [0, 0.05) is 0 Å². The molecule has 20 heavy (non-hydrogen) atoms. The maximum Gasteiger partial charge on any atom is 0.315 e. The molecule has 0 aliphatic carbocycles. The van der Waals surface area contributed by atoms with E-state index in [0.717, 1.165) is 5.56 Å². The Morgan fingerprint density at radius 1 is 1.40 bits per heavy atom. The van der Waals surface area contributed by atoms with Crippen molar-refractivity contribution in [2.75, 3.05) is 18.6 Å². The number of hydrogen-bond acceptors (Lipinski definition) is 5. The zero-order valence-corrected chi connectivity index (χ0v) is 12.1. The summed E-state index contributed by atoms with van der Waals surface area (Å²) in [5, 5.41) is 10.2. The number of rotatable bonds is 3. The van der Waals surface area contributed by atoms with Crippen LogP contribution in [-0.2, 0) is 25.8 Å². The smallest absolute Gasteiger partial charge is 0.315 e. The average Bonchev–Trinajstić information content (AvgIpc) is 2.43. The molecule has 110 valence electrons. The molecular weight excluding hydrogens is 280 g/mol. The van der Waals surface area contributed by atoms with Crippen molar-refractivity contribution < 1.29 is 23.1 Å². The molecule has 0 amide bonds. The lowest BCUT2D eigenvalue weighted by atomic mass is 9.77. The number of carbonyl (C=O) groups excluding carboxylic acids is 1. The summed E-state index contributed by atoms with van der Waals surface area (Å²) in [6, 6.07) is 9.06. The first-order chi connectivity index (χ1) is 9.39. The number of benzene rings is 1. The van der Waals surface area contributed by atoms with Crippen LogP contribution in [0.2, 0.25) is 0 Å². The van der Waals surface area contributed by atoms with Crippen molar-refractivity contribution >= 4 is 15.8 Å². The first kappa shape index (κ1) is 15.0. The van der Waals surface area contributed by atoms with Gasteiger partial charge in [0.2, 0.25) is 0 Å². The lowest BCUT2D eigenvalue weighted by molar-refractivity contribution is -0.159. The van der Waals surface area contributed by atoms with Gasteiger partial charge in [-0.15, -0.1) is 0 Å². The first-order valence-corrected chi connectivity index (χ1v) is 8.23. The van der Waals surface area contributed by atoms with Crippen LogP contribution in [0.1, 0.15) is 12.0 Å². The summed E-state index contributed by atoms with van der Waals surface area (Å²) in [6.45, 7) is 0. The van der Waals surface area contributed by atoms with Crippen molar-refractivity contribution in [1.29, 1.82) is 0 Å². The maximum absolute atomic E-state index is 12.1. The average molecular weight is 298 g/mol. The van der Waals surface area contributed by atoms with Crippen LogP contribution in [0.25, 0.3) is 0 Å². The van der Waals surface area contributed by atoms with E-state index >= 15 is 0 Å². The van der Waals surface area contributed by atoms with E-state index in [1.54, 1.807) is 12.1 Å². The van der Waals surface area contributed by atoms with Crippen molar-refractivity contribution in [3.8, 4) is 0 Å². The van der Waals surface area contributed by atoms with Gasteiger partial charge in [0.15, 0.2) is 9.84 Å². The molecule has 1 N–H and O–H groups in total. The molecule has 0 radical (unpaired) electrons. The van der Waals surface area contributed by atoms with Crippen LogP contribution >= 0.6 is 0 Å². The Bertz CT molecular complexity index is 581. The summed E-state index contributed by atoms with van der Waals surface area (Å²) in [5.74, 6) is -1.14. The van der Waals surface area contributed by atoms with Crippen LogP contribution in [0.4, 0.5) is 0 Å². The number of ether oxygens (including phenoxy) is 1. The van der Waals surface area contributed by atoms with Gasteiger partial charge < -0.3 is 9.84 Å². The Morgan fingerprint density at radius 2 is 2.05 bits per heavy atom. The van der Waals surface area contributed by atoms with E-state index in [9.17, 15) is 18.3 Å². The van der Waals surface area contributed by atoms with E-state index in [2.05, 4.69) is 0 Å². The Labute approximate surface area is 118 Å². The van der Waals surface area contributed by atoms with E-state index in [4.69, 9.17) is 4.74 Å². The van der Waals surface area contributed by atoms with Gasteiger partial charge in [-0.3, -0.25) is 4.79 Å². The van der Waals surface area contributed by atoms with Crippen molar-refractivity contribution in [1.82, 2.24) is 0 Å². The number of esters is 1. The Balaban J connectivity index is 2.42. The van der Waals surface area contributed by atoms with Gasteiger partial charge in [-0.2, -0.15) is 0 Å². The summed E-state index contributed by atoms with van der Waals surface area (Å²) in [5.41, 5.74) is -0.609. The summed E-state index contributed by atoms with van der Waals surface area (Å²) < 4.78 is 28.6. The van der Waals surface area contributed by atoms with Crippen LogP contribution in [-0.4, -0.2) is 44.2 Å². The largest absolute Gasteiger partial charge is 0.468 e. The van der Waals surface area contributed by atoms with Crippen LogP contribution < -0.4 is 0 Å². The highest BCUT2D eigenvalue weighted by molar-refractivity contribution is 7.91. The molecule has 2 rings (SSSR count). The maximum atomic E-state index is 12.1. The number of aliphatic hydroxyl groups excluding tert-OH is 1. The van der Waals surface area contributed by atoms with Gasteiger partial charge >= 0.3 is 5.97 Å². The second-order valence-corrected chi connectivity index (χ2v) is 7.39. The Kier molecular flexibility index (Phi) is 4.15. The monoisotopic (exact) mass is 298 g/mol. The quantitative estimate of drug-likeness (QED) is 0.825. The third kappa shape index (κ3) is 2.86. The van der Waals surface area contributed by atoms with Crippen molar-refractivity contribution in [3.63, 3.8) is 0 Å². The normalized spacial score (nSPS) is 28.8. The van der Waals surface area contributed by atoms with E-state index < -0.39 is 27.3 Å². The molecule has 2 atom stereocenters. The minimum atomic E-state index is -3.36. The molecule has 1 aliphatic rings. The number of hydrogen-bond donors (Lipinski definition) is 1. The molecule has 1 fully saturated rings. The van der Waals surface area contributed by atoms with E-state index in [1.165, 1.54) is 7.11 Å². The predicted octanol–water partition coefficient (Wildman–Crippen LogP) is 0.568. The summed E-state index contributed by atoms with van der Waals surface area (Å²) >= 11 is 0. The molecular formula is C14H18O5S. The summed E-state index contributed by atoms with van der Waals surface area (Å²) in [7, 11) is -2.15. The fourth-order valence-electron chi connectivity index (χ4n) is 2.73. The fraction of sp³-hybridized carbons (Fsp3) is 0.500. The zero-order chi connectivity index (χ0) is 14.8. The van der Waals surface area contributed by atoms with E-state index in [0.29, 0.717) is 0 Å². The number of methoxy groups -OCH3 is 1. The van der Waals surface area contributed by atoms with Gasteiger partial charge in [0.1, 0.15) is 5.41 Å². The lowest BCUT2D eigenvalue weighted by Crippen LogP contribution is -2.54. The molecule has 0 saturated carbocycles. The topological polar surface area (TPSA) is 80.7 Å². The molecule has 2 unspecified atom stereocenters. The molecule has 0 aromatic heterocycles. The molecule has 6 heteroatoms. The Hall–Kier alpha value is -1.40. The SMILES string of the molecule is COC(=O)C1(Cc2ccccc2)CS(=O)(=O)CCC1O. The van der Waals surface area contributed by atoms with Gasteiger partial charge in [-0.05, 0) is 18.4 Å². The van der Waals surface area contributed by atoms with Crippen LogP contribution in [0.5, 0.6) is 0 Å². The van der Waals surface area contributed by atoms with Crippen molar-refractivity contribution in [2.24, 2.45) is 5.41 Å².